The average molecular weight is 190 g/mol. The largest absolute Gasteiger partial charge is 0.297 e. The van der Waals surface area contributed by atoms with Gasteiger partial charge in [0.25, 0.3) is 0 Å². The van der Waals surface area contributed by atoms with Crippen LogP contribution in [0.25, 0.3) is 0 Å². The highest BCUT2D eigenvalue weighted by Crippen LogP contribution is 2.29. The van der Waals surface area contributed by atoms with Gasteiger partial charge in [0.15, 0.2) is 0 Å². The predicted octanol–water partition coefficient (Wildman–Crippen LogP) is 2.63. The van der Waals surface area contributed by atoms with Crippen LogP contribution in [-0.2, 0) is 0 Å². The first-order chi connectivity index (χ1) is 6.92. The highest BCUT2D eigenvalue weighted by molar-refractivity contribution is 5.15. The number of hydrogen-bond donors (Lipinski definition) is 0. The average Bonchev–Trinajstić information content (AvgIpc) is 2.30. The normalized spacial score (nSPS) is 23.6. The summed E-state index contributed by atoms with van der Waals surface area (Å²) >= 11 is 0. The molecule has 1 aliphatic heterocycles. The standard InChI is InChI=1S/C12H18N2/c1-2-14-10-4-3-5-12(14)11-6-8-13-9-7-11/h6-9,12H,2-5,10H2,1H3/t12-/m1/s1. The Labute approximate surface area is 86.0 Å². The number of aromatic nitrogens is 1. The van der Waals surface area contributed by atoms with E-state index < -0.39 is 0 Å². The fourth-order valence-electron chi connectivity index (χ4n) is 2.33. The van der Waals surface area contributed by atoms with Crippen molar-refractivity contribution in [3.8, 4) is 0 Å². The molecule has 0 N–H and O–H groups in total. The van der Waals surface area contributed by atoms with Gasteiger partial charge in [-0.25, -0.2) is 0 Å². The molecule has 14 heavy (non-hydrogen) atoms. The highest BCUT2D eigenvalue weighted by atomic mass is 15.2. The molecule has 0 aromatic carbocycles. The van der Waals surface area contributed by atoms with Crippen LogP contribution < -0.4 is 0 Å². The molecule has 1 atom stereocenters. The lowest BCUT2D eigenvalue weighted by molar-refractivity contribution is 0.157. The van der Waals surface area contributed by atoms with Gasteiger partial charge in [0, 0.05) is 18.4 Å². The maximum Gasteiger partial charge on any atom is 0.0349 e. The molecule has 0 saturated carbocycles. The van der Waals surface area contributed by atoms with E-state index in [9.17, 15) is 0 Å². The fraction of sp³-hybridized carbons (Fsp3) is 0.583. The van der Waals surface area contributed by atoms with Crippen LogP contribution in [0.15, 0.2) is 24.5 Å². The van der Waals surface area contributed by atoms with Crippen LogP contribution in [0.2, 0.25) is 0 Å². The van der Waals surface area contributed by atoms with Crippen molar-refractivity contribution in [3.63, 3.8) is 0 Å². The Hall–Kier alpha value is -0.890. The molecule has 2 rings (SSSR count). The lowest BCUT2D eigenvalue weighted by atomic mass is 9.96. The van der Waals surface area contributed by atoms with Gasteiger partial charge in [0.1, 0.15) is 0 Å². The van der Waals surface area contributed by atoms with Gasteiger partial charge in [-0.1, -0.05) is 13.3 Å². The number of rotatable bonds is 2. The van der Waals surface area contributed by atoms with Crippen molar-refractivity contribution < 1.29 is 0 Å². The second-order valence-corrected chi connectivity index (χ2v) is 3.92. The Kier molecular flexibility index (Phi) is 3.14. The smallest absolute Gasteiger partial charge is 0.0349 e. The molecule has 2 heteroatoms. The van der Waals surface area contributed by atoms with Gasteiger partial charge >= 0.3 is 0 Å². The maximum atomic E-state index is 4.07. The molecule has 1 aromatic heterocycles. The van der Waals surface area contributed by atoms with Crippen LogP contribution in [0.5, 0.6) is 0 Å². The summed E-state index contributed by atoms with van der Waals surface area (Å²) in [6, 6.07) is 4.94. The summed E-state index contributed by atoms with van der Waals surface area (Å²) in [6.07, 6.45) is 7.83. The number of pyridine rings is 1. The van der Waals surface area contributed by atoms with Crippen LogP contribution in [0.4, 0.5) is 0 Å². The van der Waals surface area contributed by atoms with Gasteiger partial charge in [-0.2, -0.15) is 0 Å². The zero-order valence-corrected chi connectivity index (χ0v) is 8.82. The summed E-state index contributed by atoms with van der Waals surface area (Å²) in [6.45, 7) is 4.66. The van der Waals surface area contributed by atoms with Crippen LogP contribution in [0.1, 0.15) is 37.8 Å². The van der Waals surface area contributed by atoms with Gasteiger partial charge in [-0.3, -0.25) is 9.88 Å². The van der Waals surface area contributed by atoms with E-state index in [0.717, 1.165) is 6.54 Å². The van der Waals surface area contributed by atoms with Gasteiger partial charge in [0.2, 0.25) is 0 Å². The Morgan fingerprint density at radius 2 is 2.14 bits per heavy atom. The van der Waals surface area contributed by atoms with Crippen molar-refractivity contribution >= 4 is 0 Å². The van der Waals surface area contributed by atoms with Crippen LogP contribution in [0, 0.1) is 0 Å². The highest BCUT2D eigenvalue weighted by Gasteiger charge is 2.21. The van der Waals surface area contributed by atoms with E-state index in [1.807, 2.05) is 12.4 Å². The first-order valence-corrected chi connectivity index (χ1v) is 5.56. The lowest BCUT2D eigenvalue weighted by Crippen LogP contribution is -2.33. The van der Waals surface area contributed by atoms with Crippen molar-refractivity contribution in [1.82, 2.24) is 9.88 Å². The van der Waals surface area contributed by atoms with Crippen molar-refractivity contribution in [2.24, 2.45) is 0 Å². The van der Waals surface area contributed by atoms with Crippen molar-refractivity contribution in [2.75, 3.05) is 13.1 Å². The minimum absolute atomic E-state index is 0.636. The van der Waals surface area contributed by atoms with Crippen LogP contribution in [-0.4, -0.2) is 23.0 Å². The molecule has 1 saturated heterocycles. The summed E-state index contributed by atoms with van der Waals surface area (Å²) in [5, 5.41) is 0. The minimum atomic E-state index is 0.636. The summed E-state index contributed by atoms with van der Waals surface area (Å²) in [5.41, 5.74) is 1.43. The van der Waals surface area contributed by atoms with Gasteiger partial charge in [0.05, 0.1) is 0 Å². The van der Waals surface area contributed by atoms with Crippen molar-refractivity contribution in [1.29, 1.82) is 0 Å². The Morgan fingerprint density at radius 1 is 1.36 bits per heavy atom. The minimum Gasteiger partial charge on any atom is -0.297 e. The third kappa shape index (κ3) is 1.95. The monoisotopic (exact) mass is 190 g/mol. The molecule has 0 amide bonds. The number of nitrogens with zero attached hydrogens (tertiary/aromatic N) is 2. The topological polar surface area (TPSA) is 16.1 Å². The van der Waals surface area contributed by atoms with Gasteiger partial charge in [-0.15, -0.1) is 0 Å². The van der Waals surface area contributed by atoms with E-state index in [1.165, 1.54) is 31.4 Å². The predicted molar refractivity (Wildman–Crippen MR) is 58.1 cm³/mol. The van der Waals surface area contributed by atoms with E-state index in [4.69, 9.17) is 0 Å². The van der Waals surface area contributed by atoms with E-state index in [-0.39, 0.29) is 0 Å². The van der Waals surface area contributed by atoms with Crippen molar-refractivity contribution in [3.05, 3.63) is 30.1 Å². The Bertz CT molecular complexity index is 271. The zero-order chi connectivity index (χ0) is 9.80. The number of hydrogen-bond acceptors (Lipinski definition) is 2. The number of piperidine rings is 1. The van der Waals surface area contributed by atoms with Gasteiger partial charge < -0.3 is 0 Å². The second-order valence-electron chi connectivity index (χ2n) is 3.92. The van der Waals surface area contributed by atoms with E-state index in [1.54, 1.807) is 0 Å². The Balaban J connectivity index is 2.15. The molecule has 2 nitrogen and oxygen atoms in total. The molecule has 0 spiro atoms. The first-order valence-electron chi connectivity index (χ1n) is 5.56. The summed E-state index contributed by atoms with van der Waals surface area (Å²) in [4.78, 5) is 6.64. The maximum absolute atomic E-state index is 4.07. The quantitative estimate of drug-likeness (QED) is 0.712. The molecule has 1 aliphatic rings. The molecule has 76 valence electrons. The van der Waals surface area contributed by atoms with Gasteiger partial charge in [-0.05, 0) is 43.6 Å². The molecular formula is C12H18N2. The summed E-state index contributed by atoms with van der Waals surface area (Å²) in [5.74, 6) is 0. The molecule has 1 fully saturated rings. The van der Waals surface area contributed by atoms with E-state index in [0.29, 0.717) is 6.04 Å². The molecule has 0 unspecified atom stereocenters. The van der Waals surface area contributed by atoms with Crippen LogP contribution >= 0.6 is 0 Å². The van der Waals surface area contributed by atoms with E-state index in [2.05, 4.69) is 28.9 Å². The second kappa shape index (κ2) is 4.56. The first kappa shape index (κ1) is 9.66. The third-order valence-corrected chi connectivity index (χ3v) is 3.11. The number of likely N-dealkylation sites (tertiary alicyclic amines) is 1. The molecular weight excluding hydrogens is 172 g/mol. The summed E-state index contributed by atoms with van der Waals surface area (Å²) < 4.78 is 0. The SMILES string of the molecule is CCN1CCCC[C@@H]1c1ccncc1. The summed E-state index contributed by atoms with van der Waals surface area (Å²) in [7, 11) is 0. The fourth-order valence-corrected chi connectivity index (χ4v) is 2.33. The molecule has 0 radical (unpaired) electrons. The third-order valence-electron chi connectivity index (χ3n) is 3.11. The van der Waals surface area contributed by atoms with Crippen LogP contribution in [0.3, 0.4) is 0 Å². The molecule has 1 aromatic rings. The lowest BCUT2D eigenvalue weighted by Gasteiger charge is -2.35. The molecule has 2 heterocycles. The Morgan fingerprint density at radius 3 is 2.86 bits per heavy atom. The molecule has 0 bridgehead atoms. The van der Waals surface area contributed by atoms with E-state index >= 15 is 0 Å². The zero-order valence-electron chi connectivity index (χ0n) is 8.82. The van der Waals surface area contributed by atoms with Crippen molar-refractivity contribution in [2.45, 2.75) is 32.2 Å². The molecule has 0 aliphatic carbocycles.